The minimum absolute atomic E-state index is 0.171. The summed E-state index contributed by atoms with van der Waals surface area (Å²) in [6.07, 6.45) is 1.23. The molecule has 1 aromatic carbocycles. The number of anilines is 2. The van der Waals surface area contributed by atoms with Crippen LogP contribution in [0.25, 0.3) is 0 Å². The zero-order valence-electron chi connectivity index (χ0n) is 18.1. The normalized spacial score (nSPS) is 14.1. The number of piperidine rings is 1. The summed E-state index contributed by atoms with van der Waals surface area (Å²) in [5, 5.41) is 2.79. The van der Waals surface area contributed by atoms with E-state index < -0.39 is 11.9 Å². The number of amides is 1. The molecule has 164 valence electrons. The van der Waals surface area contributed by atoms with E-state index in [0.717, 1.165) is 11.4 Å². The Morgan fingerprint density at radius 2 is 1.58 bits per heavy atom. The van der Waals surface area contributed by atoms with Crippen LogP contribution in [-0.4, -0.2) is 55.1 Å². The maximum Gasteiger partial charge on any atom is 0.339 e. The van der Waals surface area contributed by atoms with Crippen LogP contribution in [0.15, 0.2) is 24.3 Å². The molecule has 0 atom stereocenters. The lowest BCUT2D eigenvalue weighted by Gasteiger charge is -2.31. The number of hydrogen-bond acceptors (Lipinski definition) is 8. The molecule has 9 heteroatoms. The molecule has 0 bridgehead atoms. The summed E-state index contributed by atoms with van der Waals surface area (Å²) < 4.78 is 9.51. The van der Waals surface area contributed by atoms with Crippen molar-refractivity contribution in [3.8, 4) is 0 Å². The van der Waals surface area contributed by atoms with Crippen molar-refractivity contribution in [2.24, 2.45) is 5.92 Å². The van der Waals surface area contributed by atoms with Crippen molar-refractivity contribution in [3.63, 3.8) is 0 Å². The highest BCUT2D eigenvalue weighted by Gasteiger charge is 2.27. The van der Waals surface area contributed by atoms with Gasteiger partial charge in [-0.3, -0.25) is 4.79 Å². The van der Waals surface area contributed by atoms with Gasteiger partial charge in [0, 0.05) is 30.4 Å². The number of hydrogen-bond donors (Lipinski definition) is 1. The van der Waals surface area contributed by atoms with Gasteiger partial charge in [-0.25, -0.2) is 19.6 Å². The van der Waals surface area contributed by atoms with Gasteiger partial charge in [0.25, 0.3) is 0 Å². The highest BCUT2D eigenvalue weighted by Crippen LogP contribution is 2.25. The number of aryl methyl sites for hydroxylation is 2. The van der Waals surface area contributed by atoms with Crippen molar-refractivity contribution in [1.29, 1.82) is 0 Å². The van der Waals surface area contributed by atoms with Crippen molar-refractivity contribution < 1.29 is 23.9 Å². The number of carbonyl (C=O) groups is 3. The highest BCUT2D eigenvalue weighted by atomic mass is 16.5. The molecule has 1 aliphatic heterocycles. The molecule has 1 aliphatic rings. The van der Waals surface area contributed by atoms with Crippen molar-refractivity contribution >= 4 is 29.5 Å². The fourth-order valence-corrected chi connectivity index (χ4v) is 3.61. The van der Waals surface area contributed by atoms with Crippen LogP contribution in [0.2, 0.25) is 0 Å². The lowest BCUT2D eigenvalue weighted by molar-refractivity contribution is -0.120. The van der Waals surface area contributed by atoms with Gasteiger partial charge in [0.1, 0.15) is 0 Å². The number of nitrogens with one attached hydrogen (secondary N) is 1. The van der Waals surface area contributed by atoms with E-state index >= 15 is 0 Å². The smallest absolute Gasteiger partial charge is 0.339 e. The Hall–Kier alpha value is -3.49. The van der Waals surface area contributed by atoms with Crippen molar-refractivity contribution in [2.75, 3.05) is 37.5 Å². The average molecular weight is 426 g/mol. The van der Waals surface area contributed by atoms with Gasteiger partial charge in [-0.1, -0.05) is 0 Å². The molecule has 1 saturated heterocycles. The summed E-state index contributed by atoms with van der Waals surface area (Å²) in [7, 11) is 2.52. The number of esters is 2. The molecule has 3 rings (SSSR count). The van der Waals surface area contributed by atoms with Crippen LogP contribution in [-0.2, 0) is 14.3 Å². The Morgan fingerprint density at radius 1 is 0.968 bits per heavy atom. The second-order valence-electron chi connectivity index (χ2n) is 7.44. The maximum absolute atomic E-state index is 12.9. The minimum atomic E-state index is -0.603. The number of rotatable bonds is 5. The fraction of sp³-hybridized carbons (Fsp3) is 0.409. The van der Waals surface area contributed by atoms with Gasteiger partial charge in [0.2, 0.25) is 11.9 Å². The maximum atomic E-state index is 12.9. The lowest BCUT2D eigenvalue weighted by Crippen LogP contribution is -2.39. The molecule has 1 fully saturated rings. The number of benzene rings is 1. The van der Waals surface area contributed by atoms with E-state index in [1.807, 2.05) is 19.9 Å². The summed E-state index contributed by atoms with van der Waals surface area (Å²) in [5.74, 6) is -0.945. The van der Waals surface area contributed by atoms with Crippen molar-refractivity contribution in [3.05, 3.63) is 46.8 Å². The van der Waals surface area contributed by atoms with Crippen LogP contribution in [0.3, 0.4) is 0 Å². The molecular formula is C22H26N4O5. The largest absolute Gasteiger partial charge is 0.465 e. The molecule has 31 heavy (non-hydrogen) atoms. The zero-order chi connectivity index (χ0) is 22.5. The lowest BCUT2D eigenvalue weighted by atomic mass is 9.95. The van der Waals surface area contributed by atoms with Gasteiger partial charge in [0.05, 0.1) is 31.0 Å². The van der Waals surface area contributed by atoms with E-state index in [2.05, 4.69) is 20.2 Å². The van der Waals surface area contributed by atoms with Crippen molar-refractivity contribution in [1.82, 2.24) is 9.97 Å². The van der Waals surface area contributed by atoms with Crippen LogP contribution in [0.1, 0.15) is 44.9 Å². The number of aromatic nitrogens is 2. The number of ether oxygens (including phenoxy) is 2. The number of carbonyl (C=O) groups excluding carboxylic acids is 3. The fourth-order valence-electron chi connectivity index (χ4n) is 3.61. The SMILES string of the molecule is COC(=O)c1ccc(C(=O)OC)c(NC(=O)C2CCN(c3nc(C)cc(C)n3)CC2)c1. The summed E-state index contributed by atoms with van der Waals surface area (Å²) in [6.45, 7) is 5.15. The molecule has 2 heterocycles. The van der Waals surface area contributed by atoms with Gasteiger partial charge in [-0.05, 0) is 51.0 Å². The Balaban J connectivity index is 1.71. The molecule has 1 aromatic heterocycles. The molecule has 0 unspecified atom stereocenters. The summed E-state index contributed by atoms with van der Waals surface area (Å²) in [6, 6.07) is 6.24. The summed E-state index contributed by atoms with van der Waals surface area (Å²) in [5.41, 5.74) is 2.43. The van der Waals surface area contributed by atoms with E-state index in [1.54, 1.807) is 0 Å². The number of methoxy groups -OCH3 is 2. The first-order valence-electron chi connectivity index (χ1n) is 10.0. The molecule has 0 radical (unpaired) electrons. The van der Waals surface area contributed by atoms with Crippen LogP contribution in [0.4, 0.5) is 11.6 Å². The first kappa shape index (κ1) is 22.2. The van der Waals surface area contributed by atoms with Crippen LogP contribution in [0, 0.1) is 19.8 Å². The molecular weight excluding hydrogens is 400 g/mol. The number of nitrogens with zero attached hydrogens (tertiary/aromatic N) is 3. The van der Waals surface area contributed by atoms with Gasteiger partial charge >= 0.3 is 11.9 Å². The third-order valence-corrected chi connectivity index (χ3v) is 5.22. The Morgan fingerprint density at radius 3 is 2.16 bits per heavy atom. The Labute approximate surface area is 180 Å². The van der Waals surface area contributed by atoms with E-state index in [9.17, 15) is 14.4 Å². The summed E-state index contributed by atoms with van der Waals surface area (Å²) in [4.78, 5) is 47.9. The molecule has 0 aliphatic carbocycles. The monoisotopic (exact) mass is 426 g/mol. The zero-order valence-corrected chi connectivity index (χ0v) is 18.1. The standard InChI is InChI=1S/C22H26N4O5/c1-13-11-14(2)24-22(23-13)26-9-7-15(8-10-26)19(27)25-18-12-16(20(28)30-3)5-6-17(18)21(29)31-4/h5-6,11-12,15H,7-10H2,1-4H3,(H,25,27). The molecule has 1 N–H and O–H groups in total. The minimum Gasteiger partial charge on any atom is -0.465 e. The molecule has 2 aromatic rings. The van der Waals surface area contributed by atoms with E-state index in [4.69, 9.17) is 9.47 Å². The van der Waals surface area contributed by atoms with Gasteiger partial charge in [-0.15, -0.1) is 0 Å². The molecule has 0 spiro atoms. The molecule has 9 nitrogen and oxygen atoms in total. The molecule has 1 amide bonds. The van der Waals surface area contributed by atoms with Crippen molar-refractivity contribution in [2.45, 2.75) is 26.7 Å². The second kappa shape index (κ2) is 9.55. The van der Waals surface area contributed by atoms with Crippen LogP contribution >= 0.6 is 0 Å². The van der Waals surface area contributed by atoms with E-state index in [1.165, 1.54) is 32.4 Å². The van der Waals surface area contributed by atoms with Crippen LogP contribution < -0.4 is 10.2 Å². The van der Waals surface area contributed by atoms with E-state index in [0.29, 0.717) is 31.9 Å². The Bertz CT molecular complexity index is 979. The van der Waals surface area contributed by atoms with Crippen LogP contribution in [0.5, 0.6) is 0 Å². The highest BCUT2D eigenvalue weighted by molar-refractivity contribution is 6.04. The van der Waals surface area contributed by atoms with Gasteiger partial charge < -0.3 is 19.7 Å². The topological polar surface area (TPSA) is 111 Å². The van der Waals surface area contributed by atoms with Gasteiger partial charge in [0.15, 0.2) is 0 Å². The predicted octanol–water partition coefficient (Wildman–Crippen LogP) is 2.52. The first-order chi connectivity index (χ1) is 14.8. The second-order valence-corrected chi connectivity index (χ2v) is 7.44. The first-order valence-corrected chi connectivity index (χ1v) is 10.0. The quantitative estimate of drug-likeness (QED) is 0.726. The third kappa shape index (κ3) is 5.17. The average Bonchev–Trinajstić information content (AvgIpc) is 2.77. The van der Waals surface area contributed by atoms with Gasteiger partial charge in [-0.2, -0.15) is 0 Å². The summed E-state index contributed by atoms with van der Waals surface area (Å²) >= 11 is 0. The predicted molar refractivity (Wildman–Crippen MR) is 114 cm³/mol. The van der Waals surface area contributed by atoms with E-state index in [-0.39, 0.29) is 28.6 Å². The molecule has 0 saturated carbocycles. The Kier molecular flexibility index (Phi) is 6.84. The third-order valence-electron chi connectivity index (χ3n) is 5.22.